The van der Waals surface area contributed by atoms with E-state index >= 15 is 0 Å². The first kappa shape index (κ1) is 21.4. The molecule has 0 bridgehead atoms. The van der Waals surface area contributed by atoms with E-state index in [0.29, 0.717) is 31.4 Å². The van der Waals surface area contributed by atoms with Crippen LogP contribution in [0.25, 0.3) is 0 Å². The highest BCUT2D eigenvalue weighted by atomic mass is 19.4. The van der Waals surface area contributed by atoms with Crippen molar-refractivity contribution >= 4 is 11.9 Å². The fourth-order valence-electron chi connectivity index (χ4n) is 4.38. The molecule has 1 aliphatic heterocycles. The number of aliphatic carboxylic acids is 1. The number of carbonyl (C=O) groups excluding carboxylic acids is 1. The fourth-order valence-corrected chi connectivity index (χ4v) is 4.38. The molecule has 11 heteroatoms. The van der Waals surface area contributed by atoms with Gasteiger partial charge in [0.25, 0.3) is 11.5 Å². The second-order valence-electron chi connectivity index (χ2n) is 7.40. The van der Waals surface area contributed by atoms with E-state index in [1.807, 2.05) is 0 Å². The van der Waals surface area contributed by atoms with Crippen LogP contribution in [0.5, 0.6) is 0 Å². The summed E-state index contributed by atoms with van der Waals surface area (Å²) in [4.78, 5) is 25.7. The number of nitrogens with zero attached hydrogens (tertiary/aromatic N) is 1. The van der Waals surface area contributed by atoms with Crippen LogP contribution in [0.15, 0.2) is 24.3 Å². The minimum Gasteiger partial charge on any atom is -0.481 e. The predicted octanol–water partition coefficient (Wildman–Crippen LogP) is 3.47. The van der Waals surface area contributed by atoms with Gasteiger partial charge in [0.1, 0.15) is 0 Å². The smallest absolute Gasteiger partial charge is 0.430 e. The first-order valence-corrected chi connectivity index (χ1v) is 8.76. The van der Waals surface area contributed by atoms with Crippen LogP contribution in [-0.4, -0.2) is 51.9 Å². The summed E-state index contributed by atoms with van der Waals surface area (Å²) in [7, 11) is 0. The van der Waals surface area contributed by atoms with Gasteiger partial charge in [-0.2, -0.15) is 26.3 Å². The minimum absolute atomic E-state index is 0.132. The monoisotopic (exact) mass is 425 g/mol. The van der Waals surface area contributed by atoms with Crippen LogP contribution in [0.3, 0.4) is 0 Å². The number of halogens is 6. The molecule has 29 heavy (non-hydrogen) atoms. The van der Waals surface area contributed by atoms with Crippen molar-refractivity contribution in [2.45, 2.75) is 49.7 Å². The second kappa shape index (κ2) is 6.61. The van der Waals surface area contributed by atoms with Crippen LogP contribution in [0.1, 0.15) is 41.6 Å². The van der Waals surface area contributed by atoms with Gasteiger partial charge in [0.05, 0.1) is 5.41 Å². The van der Waals surface area contributed by atoms with Gasteiger partial charge in [-0.15, -0.1) is 0 Å². The van der Waals surface area contributed by atoms with Gasteiger partial charge < -0.3 is 15.1 Å². The molecular formula is C18H17F6NO4. The van der Waals surface area contributed by atoms with Gasteiger partial charge in [-0.1, -0.05) is 18.6 Å². The molecule has 0 spiro atoms. The number of likely N-dealkylation sites (tertiary alicyclic amines) is 1. The molecule has 2 N–H and O–H groups in total. The topological polar surface area (TPSA) is 77.8 Å². The van der Waals surface area contributed by atoms with E-state index in [1.54, 1.807) is 0 Å². The van der Waals surface area contributed by atoms with Gasteiger partial charge in [0.2, 0.25) is 0 Å². The molecule has 1 saturated carbocycles. The molecular weight excluding hydrogens is 408 g/mol. The molecule has 1 heterocycles. The summed E-state index contributed by atoms with van der Waals surface area (Å²) in [5.41, 5.74) is -7.79. The summed E-state index contributed by atoms with van der Waals surface area (Å²) in [6.07, 6.45) is -10.3. The first-order chi connectivity index (χ1) is 13.3. The Balaban J connectivity index is 1.89. The lowest BCUT2D eigenvalue weighted by Crippen LogP contribution is -2.53. The Morgan fingerprint density at radius 3 is 2.03 bits per heavy atom. The predicted molar refractivity (Wildman–Crippen MR) is 85.8 cm³/mol. The summed E-state index contributed by atoms with van der Waals surface area (Å²) in [5, 5.41) is 18.9. The third kappa shape index (κ3) is 3.06. The molecule has 1 aromatic rings. The molecule has 1 aliphatic carbocycles. The summed E-state index contributed by atoms with van der Waals surface area (Å²) >= 11 is 0. The summed E-state index contributed by atoms with van der Waals surface area (Å²) in [5.74, 6) is -1.69. The number of hydrogen-bond acceptors (Lipinski definition) is 3. The Kier molecular flexibility index (Phi) is 4.88. The Morgan fingerprint density at radius 2 is 1.55 bits per heavy atom. The van der Waals surface area contributed by atoms with E-state index in [4.69, 9.17) is 0 Å². The lowest BCUT2D eigenvalue weighted by molar-refractivity contribution is -0.376. The van der Waals surface area contributed by atoms with Crippen LogP contribution in [-0.2, 0) is 10.4 Å². The maximum atomic E-state index is 13.0. The molecule has 5 nitrogen and oxygen atoms in total. The van der Waals surface area contributed by atoms with Gasteiger partial charge >= 0.3 is 18.3 Å². The molecule has 0 radical (unpaired) electrons. The number of benzene rings is 1. The highest BCUT2D eigenvalue weighted by Gasteiger charge is 2.71. The average Bonchev–Trinajstić information content (AvgIpc) is 3.18. The van der Waals surface area contributed by atoms with Gasteiger partial charge in [-0.3, -0.25) is 9.59 Å². The number of alkyl halides is 6. The van der Waals surface area contributed by atoms with Gasteiger partial charge in [0.15, 0.2) is 0 Å². The zero-order valence-electron chi connectivity index (χ0n) is 14.8. The molecule has 1 saturated heterocycles. The van der Waals surface area contributed by atoms with E-state index in [-0.39, 0.29) is 18.5 Å². The molecule has 2 aliphatic rings. The number of carboxylic acids is 1. The van der Waals surface area contributed by atoms with Crippen molar-refractivity contribution in [3.05, 3.63) is 35.4 Å². The van der Waals surface area contributed by atoms with Crippen LogP contribution in [0.4, 0.5) is 26.3 Å². The maximum absolute atomic E-state index is 13.0. The second-order valence-corrected chi connectivity index (χ2v) is 7.40. The highest BCUT2D eigenvalue weighted by Crippen LogP contribution is 2.51. The van der Waals surface area contributed by atoms with Crippen LogP contribution in [0, 0.1) is 5.41 Å². The number of hydrogen-bond donors (Lipinski definition) is 2. The SMILES string of the molecule is O=C(c1ccc(C(O)(C(F)(F)F)C(F)(F)F)cc1)N1CC[C@@]2(C(=O)O)CCC[C@@H]12. The number of fused-ring (bicyclic) bond motifs is 1. The van der Waals surface area contributed by atoms with E-state index in [2.05, 4.69) is 0 Å². The third-order valence-electron chi connectivity index (χ3n) is 5.97. The summed E-state index contributed by atoms with van der Waals surface area (Å²) < 4.78 is 77.7. The van der Waals surface area contributed by atoms with Crippen molar-refractivity contribution in [1.82, 2.24) is 4.90 Å². The van der Waals surface area contributed by atoms with Gasteiger partial charge in [-0.25, -0.2) is 0 Å². The van der Waals surface area contributed by atoms with E-state index in [0.717, 1.165) is 12.1 Å². The zero-order chi connectivity index (χ0) is 21.8. The number of carbonyl (C=O) groups is 2. The van der Waals surface area contributed by atoms with Crippen molar-refractivity contribution < 1.29 is 46.1 Å². The lowest BCUT2D eigenvalue weighted by Gasteiger charge is -2.33. The van der Waals surface area contributed by atoms with E-state index in [9.17, 15) is 46.1 Å². The zero-order valence-corrected chi connectivity index (χ0v) is 14.8. The van der Waals surface area contributed by atoms with Crippen LogP contribution >= 0.6 is 0 Å². The van der Waals surface area contributed by atoms with Crippen LogP contribution in [0.2, 0.25) is 0 Å². The fraction of sp³-hybridized carbons (Fsp3) is 0.556. The normalized spacial score (nSPS) is 25.2. The Bertz CT molecular complexity index is 805. The summed E-state index contributed by atoms with van der Waals surface area (Å²) in [6.45, 7) is 0.132. The first-order valence-electron chi connectivity index (χ1n) is 8.76. The van der Waals surface area contributed by atoms with Crippen molar-refractivity contribution in [2.75, 3.05) is 6.54 Å². The van der Waals surface area contributed by atoms with Crippen molar-refractivity contribution in [3.63, 3.8) is 0 Å². The molecule has 1 amide bonds. The number of amides is 1. The minimum atomic E-state index is -6.02. The highest BCUT2D eigenvalue weighted by molar-refractivity contribution is 5.95. The Morgan fingerprint density at radius 1 is 1.00 bits per heavy atom. The van der Waals surface area contributed by atoms with E-state index < -0.39 is 46.9 Å². The maximum Gasteiger partial charge on any atom is 0.430 e. The molecule has 1 aromatic carbocycles. The van der Waals surface area contributed by atoms with E-state index in [1.165, 1.54) is 4.90 Å². The summed E-state index contributed by atoms with van der Waals surface area (Å²) in [6, 6.07) is 1.78. The molecule has 2 atom stereocenters. The van der Waals surface area contributed by atoms with Gasteiger partial charge in [0, 0.05) is 23.7 Å². The van der Waals surface area contributed by atoms with Crippen molar-refractivity contribution in [1.29, 1.82) is 0 Å². The van der Waals surface area contributed by atoms with Gasteiger partial charge in [-0.05, 0) is 31.4 Å². The number of carboxylic acid groups (broad SMARTS) is 1. The molecule has 0 aromatic heterocycles. The Labute approximate surface area is 160 Å². The number of aliphatic hydroxyl groups is 1. The largest absolute Gasteiger partial charge is 0.481 e. The molecule has 160 valence electrons. The lowest BCUT2D eigenvalue weighted by atomic mass is 9.82. The quantitative estimate of drug-likeness (QED) is 0.728. The average molecular weight is 425 g/mol. The molecule has 0 unspecified atom stereocenters. The third-order valence-corrected chi connectivity index (χ3v) is 5.97. The number of rotatable bonds is 3. The standard InChI is InChI=1S/C18H17F6NO4/c19-17(20,21)16(29,18(22,23)24)11-5-3-10(4-6-11)13(26)25-9-8-15(14(27)28)7-1-2-12(15)25/h3-6,12,29H,1-2,7-9H2,(H,27,28)/t12-,15+/m1/s1. The van der Waals surface area contributed by atoms with Crippen molar-refractivity contribution in [2.24, 2.45) is 5.41 Å². The van der Waals surface area contributed by atoms with Crippen molar-refractivity contribution in [3.8, 4) is 0 Å². The molecule has 2 fully saturated rings. The molecule has 3 rings (SSSR count). The van der Waals surface area contributed by atoms with Crippen LogP contribution < -0.4 is 0 Å². The Hall–Kier alpha value is -2.30.